The number of benzene rings is 2. The third-order valence-electron chi connectivity index (χ3n) is 8.58. The Morgan fingerprint density at radius 1 is 1.19 bits per heavy atom. The minimum absolute atomic E-state index is 0.113. The first-order chi connectivity index (χ1) is 20.9. The number of thiophene rings is 1. The van der Waals surface area contributed by atoms with Crippen molar-refractivity contribution >= 4 is 43.9 Å². The molecule has 8 nitrogen and oxygen atoms in total. The van der Waals surface area contributed by atoms with Gasteiger partial charge in [-0.05, 0) is 67.7 Å². The summed E-state index contributed by atoms with van der Waals surface area (Å²) < 4.78 is 23.4. The molecule has 0 bridgehead atoms. The fraction of sp³-hybridized carbons (Fsp3) is 0.333. The van der Waals surface area contributed by atoms with Gasteiger partial charge < -0.3 is 19.4 Å². The molecular weight excluding hydrogens is 563 g/mol. The summed E-state index contributed by atoms with van der Waals surface area (Å²) in [5.41, 5.74) is 2.43. The van der Waals surface area contributed by atoms with Gasteiger partial charge in [0.05, 0.1) is 29.7 Å². The van der Waals surface area contributed by atoms with Crippen LogP contribution in [0.3, 0.4) is 0 Å². The van der Waals surface area contributed by atoms with E-state index in [2.05, 4.69) is 30.7 Å². The highest BCUT2D eigenvalue weighted by Crippen LogP contribution is 2.41. The number of carbonyl (C=O) groups excluding carboxylic acids is 1. The Labute approximate surface area is 253 Å². The standard InChI is InChI=1S/C33H31FN6O2S/c1-3-31(41)40-14-13-39(19-21(40)9-11-35)32-26-16-28(34)25(23-7-4-8-30-24(23)10-15-43-30)17-29(26)37-33(27(32)18-36)42-20-22-6-5-12-38(22)2/h3-4,7-8,10,15-17,21-22H,1,5-6,9,12-14,19-20H2,2H3/t21-,22-/m0/s1. The smallest absolute Gasteiger partial charge is 0.246 e. The number of rotatable bonds is 7. The number of piperazine rings is 1. The molecule has 218 valence electrons. The van der Waals surface area contributed by atoms with Gasteiger partial charge in [-0.15, -0.1) is 11.3 Å². The van der Waals surface area contributed by atoms with Gasteiger partial charge in [-0.2, -0.15) is 10.5 Å². The van der Waals surface area contributed by atoms with Crippen LogP contribution in [0.1, 0.15) is 24.8 Å². The van der Waals surface area contributed by atoms with Gasteiger partial charge in [0.1, 0.15) is 24.1 Å². The van der Waals surface area contributed by atoms with Crippen LogP contribution in [-0.2, 0) is 4.79 Å². The number of halogens is 1. The van der Waals surface area contributed by atoms with Gasteiger partial charge in [0.2, 0.25) is 11.8 Å². The van der Waals surface area contributed by atoms with Crippen LogP contribution in [0.4, 0.5) is 10.1 Å². The summed E-state index contributed by atoms with van der Waals surface area (Å²) in [7, 11) is 2.06. The second-order valence-electron chi connectivity index (χ2n) is 11.0. The molecule has 2 aliphatic heterocycles. The van der Waals surface area contributed by atoms with Crippen molar-refractivity contribution in [3.63, 3.8) is 0 Å². The molecule has 2 atom stereocenters. The lowest BCUT2D eigenvalue weighted by atomic mass is 9.97. The lowest BCUT2D eigenvalue weighted by Gasteiger charge is -2.42. The summed E-state index contributed by atoms with van der Waals surface area (Å²) in [6, 6.07) is 15.3. The van der Waals surface area contributed by atoms with E-state index < -0.39 is 11.9 Å². The molecule has 0 spiro atoms. The molecule has 0 aliphatic carbocycles. The monoisotopic (exact) mass is 594 g/mol. The topological polar surface area (TPSA) is 96.5 Å². The van der Waals surface area contributed by atoms with E-state index in [1.807, 2.05) is 34.5 Å². The number of fused-ring (bicyclic) bond motifs is 2. The van der Waals surface area contributed by atoms with Crippen LogP contribution in [0.2, 0.25) is 0 Å². The largest absolute Gasteiger partial charge is 0.475 e. The number of nitrogens with zero attached hydrogens (tertiary/aromatic N) is 6. The maximum atomic E-state index is 16.1. The Morgan fingerprint density at radius 2 is 2.05 bits per heavy atom. The highest BCUT2D eigenvalue weighted by molar-refractivity contribution is 7.17. The molecule has 43 heavy (non-hydrogen) atoms. The lowest BCUT2D eigenvalue weighted by Crippen LogP contribution is -2.55. The van der Waals surface area contributed by atoms with E-state index in [4.69, 9.17) is 9.72 Å². The zero-order chi connectivity index (χ0) is 30.1. The Hall–Kier alpha value is -4.51. The van der Waals surface area contributed by atoms with E-state index in [9.17, 15) is 15.3 Å². The van der Waals surface area contributed by atoms with Crippen LogP contribution >= 0.6 is 11.3 Å². The molecule has 0 N–H and O–H groups in total. The van der Waals surface area contributed by atoms with Crippen molar-refractivity contribution in [3.8, 4) is 29.1 Å². The minimum atomic E-state index is -0.423. The summed E-state index contributed by atoms with van der Waals surface area (Å²) in [6.45, 7) is 5.98. The molecule has 0 radical (unpaired) electrons. The number of carbonyl (C=O) groups is 1. The average molecular weight is 595 g/mol. The molecule has 0 saturated carbocycles. The molecule has 1 amide bonds. The number of amides is 1. The average Bonchev–Trinajstić information content (AvgIpc) is 3.67. The number of ether oxygens (including phenoxy) is 1. The number of pyridine rings is 1. The Morgan fingerprint density at radius 3 is 2.79 bits per heavy atom. The van der Waals surface area contributed by atoms with Gasteiger partial charge in [0.15, 0.2) is 0 Å². The van der Waals surface area contributed by atoms with Crippen molar-refractivity contribution in [2.24, 2.45) is 0 Å². The summed E-state index contributed by atoms with van der Waals surface area (Å²) in [5, 5.41) is 23.4. The first kappa shape index (κ1) is 28.6. The van der Waals surface area contributed by atoms with Crippen LogP contribution in [0, 0.1) is 28.5 Å². The van der Waals surface area contributed by atoms with Crippen LogP contribution in [0.5, 0.6) is 5.88 Å². The molecule has 2 aromatic heterocycles. The molecule has 2 aliphatic rings. The Balaban J connectivity index is 1.50. The van der Waals surface area contributed by atoms with Gasteiger partial charge in [-0.3, -0.25) is 4.79 Å². The number of hydrogen-bond acceptors (Lipinski definition) is 8. The molecule has 6 rings (SSSR count). The van der Waals surface area contributed by atoms with Crippen molar-refractivity contribution in [3.05, 3.63) is 65.8 Å². The molecular formula is C33H31FN6O2S. The number of likely N-dealkylation sites (N-methyl/N-ethyl adjacent to an activating group) is 1. The highest BCUT2D eigenvalue weighted by Gasteiger charge is 2.33. The van der Waals surface area contributed by atoms with E-state index in [0.717, 1.165) is 35.0 Å². The first-order valence-corrected chi connectivity index (χ1v) is 15.2. The van der Waals surface area contributed by atoms with E-state index >= 15 is 4.39 Å². The summed E-state index contributed by atoms with van der Waals surface area (Å²) in [5.74, 6) is -0.463. The van der Waals surface area contributed by atoms with Crippen molar-refractivity contribution in [2.45, 2.75) is 31.3 Å². The maximum Gasteiger partial charge on any atom is 0.246 e. The zero-order valence-corrected chi connectivity index (χ0v) is 24.7. The number of nitriles is 2. The van der Waals surface area contributed by atoms with Gasteiger partial charge in [-0.1, -0.05) is 18.7 Å². The molecule has 4 heterocycles. The number of aromatic nitrogens is 1. The minimum Gasteiger partial charge on any atom is -0.475 e. The third kappa shape index (κ3) is 5.29. The van der Waals surface area contributed by atoms with Gasteiger partial charge in [0, 0.05) is 46.7 Å². The predicted molar refractivity (Wildman–Crippen MR) is 167 cm³/mol. The molecule has 4 aromatic rings. The van der Waals surface area contributed by atoms with Crippen molar-refractivity contribution < 1.29 is 13.9 Å². The van der Waals surface area contributed by atoms with Gasteiger partial charge in [0.25, 0.3) is 0 Å². The fourth-order valence-corrected chi connectivity index (χ4v) is 7.14. The predicted octanol–water partition coefficient (Wildman–Crippen LogP) is 5.72. The quantitative estimate of drug-likeness (QED) is 0.253. The molecule has 10 heteroatoms. The molecule has 2 fully saturated rings. The highest BCUT2D eigenvalue weighted by atomic mass is 32.1. The van der Waals surface area contributed by atoms with E-state index in [1.165, 1.54) is 12.1 Å². The number of hydrogen-bond donors (Lipinski definition) is 0. The van der Waals surface area contributed by atoms with Crippen LogP contribution in [0.25, 0.3) is 32.1 Å². The fourth-order valence-electron chi connectivity index (χ4n) is 6.33. The van der Waals surface area contributed by atoms with E-state index in [-0.39, 0.29) is 29.8 Å². The molecule has 2 aromatic carbocycles. The maximum absolute atomic E-state index is 16.1. The summed E-state index contributed by atoms with van der Waals surface area (Å²) in [4.78, 5) is 23.2. The van der Waals surface area contributed by atoms with E-state index in [1.54, 1.807) is 22.3 Å². The van der Waals surface area contributed by atoms with E-state index in [0.29, 0.717) is 48.4 Å². The van der Waals surface area contributed by atoms with Crippen molar-refractivity contribution in [1.82, 2.24) is 14.8 Å². The van der Waals surface area contributed by atoms with Crippen molar-refractivity contribution in [2.75, 3.05) is 44.7 Å². The second kappa shape index (κ2) is 12.0. The van der Waals surface area contributed by atoms with Gasteiger partial charge in [-0.25, -0.2) is 9.37 Å². The van der Waals surface area contributed by atoms with Gasteiger partial charge >= 0.3 is 0 Å². The number of anilines is 1. The zero-order valence-electron chi connectivity index (χ0n) is 23.9. The summed E-state index contributed by atoms with van der Waals surface area (Å²) >= 11 is 1.60. The lowest BCUT2D eigenvalue weighted by molar-refractivity contribution is -0.128. The molecule has 2 saturated heterocycles. The second-order valence-corrected chi connectivity index (χ2v) is 12.0. The number of likely N-dealkylation sites (tertiary alicyclic amines) is 1. The van der Waals surface area contributed by atoms with Crippen LogP contribution in [0.15, 0.2) is 54.4 Å². The molecule has 0 unspecified atom stereocenters. The first-order valence-electron chi connectivity index (χ1n) is 14.4. The SMILES string of the molecule is C=CC(=O)N1CCN(c2c(C#N)c(OC[C@@H]3CCCN3C)nc3cc(-c4cccc5sccc45)c(F)cc23)C[C@@H]1CC#N. The van der Waals surface area contributed by atoms with Crippen molar-refractivity contribution in [1.29, 1.82) is 10.5 Å². The third-order valence-corrected chi connectivity index (χ3v) is 9.46. The summed E-state index contributed by atoms with van der Waals surface area (Å²) in [6.07, 6.45) is 3.44. The normalized spacial score (nSPS) is 19.0. The van der Waals surface area contributed by atoms with Crippen LogP contribution in [-0.4, -0.2) is 72.6 Å². The Kier molecular flexibility index (Phi) is 7.98. The Bertz CT molecular complexity index is 1810. The van der Waals surface area contributed by atoms with Crippen LogP contribution < -0.4 is 9.64 Å².